The predicted molar refractivity (Wildman–Crippen MR) is 161 cm³/mol. The number of carbonyl (C=O) groups excluding carboxylic acids is 2. The zero-order valence-corrected chi connectivity index (χ0v) is 25.0. The first-order chi connectivity index (χ1) is 20.0. The number of aryl methyl sites for hydroxylation is 2. The molecule has 1 saturated heterocycles. The first-order valence-corrected chi connectivity index (χ1v) is 14.5. The fourth-order valence-electron chi connectivity index (χ4n) is 4.83. The van der Waals surface area contributed by atoms with Gasteiger partial charge >= 0.3 is 6.09 Å². The van der Waals surface area contributed by atoms with Crippen LogP contribution in [-0.4, -0.2) is 67.3 Å². The van der Waals surface area contributed by atoms with Crippen molar-refractivity contribution in [3.05, 3.63) is 65.0 Å². The van der Waals surface area contributed by atoms with Crippen LogP contribution in [0, 0.1) is 6.92 Å². The number of carbonyl (C=O) groups is 2. The van der Waals surface area contributed by atoms with Gasteiger partial charge in [-0.15, -0.1) is 5.10 Å². The van der Waals surface area contributed by atoms with Gasteiger partial charge in [0, 0.05) is 61.3 Å². The molecule has 0 radical (unpaired) electrons. The smallest absolute Gasteiger partial charge is 0.410 e. The molecule has 0 saturated carbocycles. The van der Waals surface area contributed by atoms with E-state index in [4.69, 9.17) is 16.3 Å². The standard InChI is InChI=1S/C30H43N9O3/c1-20-8-9-21(17-33-20)18-34-28(40)25(31)19-39(32)12-6-5-7-24-15-23-16-26(35-27(23)37-36-24)22-10-13-38(14-11-22)29(41)42-30(2,3)4/h8-9,15-17,19,22H,5-7,10-14,18,31-32H2,1-4H3,(H,34,40)(H,35,37)/b25-19-. The Bertz CT molecular complexity index is 1390. The molecular formula is C30H43N9O3. The average molecular weight is 578 g/mol. The number of fused-ring (bicyclic) bond motifs is 1. The molecule has 12 nitrogen and oxygen atoms in total. The Labute approximate surface area is 246 Å². The van der Waals surface area contributed by atoms with E-state index < -0.39 is 5.60 Å². The number of H-pyrrole nitrogens is 1. The summed E-state index contributed by atoms with van der Waals surface area (Å²) in [7, 11) is 0. The molecule has 1 aliphatic heterocycles. The van der Waals surface area contributed by atoms with E-state index in [2.05, 4.69) is 37.6 Å². The van der Waals surface area contributed by atoms with E-state index in [9.17, 15) is 9.59 Å². The Morgan fingerprint density at radius 3 is 2.64 bits per heavy atom. The van der Waals surface area contributed by atoms with Gasteiger partial charge in [0.15, 0.2) is 5.65 Å². The van der Waals surface area contributed by atoms with E-state index in [1.807, 2.05) is 39.8 Å². The molecule has 42 heavy (non-hydrogen) atoms. The summed E-state index contributed by atoms with van der Waals surface area (Å²) >= 11 is 0. The third-order valence-corrected chi connectivity index (χ3v) is 7.13. The summed E-state index contributed by atoms with van der Waals surface area (Å²) in [5.74, 6) is 5.99. The highest BCUT2D eigenvalue weighted by molar-refractivity contribution is 5.92. The van der Waals surface area contributed by atoms with Crippen molar-refractivity contribution in [3.63, 3.8) is 0 Å². The molecule has 0 aliphatic carbocycles. The second-order valence-corrected chi connectivity index (χ2v) is 11.9. The van der Waals surface area contributed by atoms with Gasteiger partial charge in [-0.3, -0.25) is 9.78 Å². The summed E-state index contributed by atoms with van der Waals surface area (Å²) in [6.45, 7) is 9.78. The molecule has 3 aromatic heterocycles. The second-order valence-electron chi connectivity index (χ2n) is 11.9. The molecule has 2 amide bonds. The number of hydrogen-bond donors (Lipinski definition) is 4. The quantitative estimate of drug-likeness (QED) is 0.122. The highest BCUT2D eigenvalue weighted by atomic mass is 16.6. The second kappa shape index (κ2) is 13.6. The number of aromatic amines is 1. The van der Waals surface area contributed by atoms with Gasteiger partial charge in [-0.1, -0.05) is 6.07 Å². The monoisotopic (exact) mass is 577 g/mol. The number of amides is 2. The number of piperidine rings is 1. The van der Waals surface area contributed by atoms with Crippen LogP contribution < -0.4 is 16.9 Å². The lowest BCUT2D eigenvalue weighted by atomic mass is 9.94. The summed E-state index contributed by atoms with van der Waals surface area (Å²) in [5, 5.41) is 14.0. The number of ether oxygens (including phenoxy) is 1. The summed E-state index contributed by atoms with van der Waals surface area (Å²) in [6.07, 6.45) is 7.08. The molecule has 0 spiro atoms. The van der Waals surface area contributed by atoms with Gasteiger partial charge in [-0.2, -0.15) is 5.10 Å². The number of nitrogens with zero attached hydrogens (tertiary/aromatic N) is 5. The average Bonchev–Trinajstić information content (AvgIpc) is 3.37. The minimum Gasteiger partial charge on any atom is -0.444 e. The Morgan fingerprint density at radius 1 is 1.19 bits per heavy atom. The Morgan fingerprint density at radius 2 is 1.95 bits per heavy atom. The van der Waals surface area contributed by atoms with Gasteiger partial charge in [0.25, 0.3) is 5.91 Å². The van der Waals surface area contributed by atoms with Crippen LogP contribution >= 0.6 is 0 Å². The first-order valence-electron chi connectivity index (χ1n) is 14.5. The zero-order chi connectivity index (χ0) is 30.3. The van der Waals surface area contributed by atoms with E-state index in [1.54, 1.807) is 11.1 Å². The number of rotatable bonds is 10. The molecule has 0 aromatic carbocycles. The minimum atomic E-state index is -0.491. The van der Waals surface area contributed by atoms with Crippen molar-refractivity contribution in [1.29, 1.82) is 0 Å². The normalized spacial score (nSPS) is 14.7. The van der Waals surface area contributed by atoms with Gasteiger partial charge < -0.3 is 30.7 Å². The number of nitrogens with one attached hydrogen (secondary N) is 2. The summed E-state index contributed by atoms with van der Waals surface area (Å²) < 4.78 is 5.51. The highest BCUT2D eigenvalue weighted by Gasteiger charge is 2.28. The number of nitrogens with two attached hydrogens (primary N) is 2. The van der Waals surface area contributed by atoms with E-state index in [0.29, 0.717) is 32.1 Å². The van der Waals surface area contributed by atoms with Crippen molar-refractivity contribution in [1.82, 2.24) is 35.4 Å². The summed E-state index contributed by atoms with van der Waals surface area (Å²) in [5.41, 5.74) is 10.1. The molecular weight excluding hydrogens is 534 g/mol. The Kier molecular flexibility index (Phi) is 10.00. The van der Waals surface area contributed by atoms with Crippen molar-refractivity contribution in [2.75, 3.05) is 19.6 Å². The summed E-state index contributed by atoms with van der Waals surface area (Å²) in [4.78, 5) is 34.1. The molecule has 0 bridgehead atoms. The molecule has 0 unspecified atom stereocenters. The lowest BCUT2D eigenvalue weighted by Crippen LogP contribution is -2.41. The van der Waals surface area contributed by atoms with Crippen LogP contribution in [0.4, 0.5) is 4.79 Å². The number of hydrazine groups is 1. The first kappa shape index (κ1) is 30.8. The number of likely N-dealkylation sites (tertiary alicyclic amines) is 1. The van der Waals surface area contributed by atoms with Crippen molar-refractivity contribution >= 4 is 23.0 Å². The van der Waals surface area contributed by atoms with Crippen molar-refractivity contribution in [2.24, 2.45) is 11.6 Å². The van der Waals surface area contributed by atoms with E-state index in [1.165, 1.54) is 11.2 Å². The summed E-state index contributed by atoms with van der Waals surface area (Å²) in [6, 6.07) is 8.03. The lowest BCUT2D eigenvalue weighted by molar-refractivity contribution is -0.117. The Hall–Kier alpha value is -4.19. The van der Waals surface area contributed by atoms with Gasteiger partial charge in [-0.05, 0) is 83.6 Å². The molecule has 4 heterocycles. The van der Waals surface area contributed by atoms with E-state index in [0.717, 1.165) is 65.8 Å². The third kappa shape index (κ3) is 8.90. The van der Waals surface area contributed by atoms with Crippen LogP contribution in [0.2, 0.25) is 0 Å². The molecule has 1 aliphatic rings. The molecule has 3 aromatic rings. The number of aromatic nitrogens is 4. The Balaban J connectivity index is 1.20. The van der Waals surface area contributed by atoms with Crippen LogP contribution in [0.1, 0.15) is 75.0 Å². The van der Waals surface area contributed by atoms with Crippen LogP contribution in [0.15, 0.2) is 42.4 Å². The molecule has 12 heteroatoms. The van der Waals surface area contributed by atoms with E-state index in [-0.39, 0.29) is 17.7 Å². The van der Waals surface area contributed by atoms with Gasteiger partial charge in [0.2, 0.25) is 0 Å². The fourth-order valence-corrected chi connectivity index (χ4v) is 4.83. The number of pyridine rings is 1. The van der Waals surface area contributed by atoms with Crippen LogP contribution in [0.25, 0.3) is 11.0 Å². The van der Waals surface area contributed by atoms with Crippen LogP contribution in [0.5, 0.6) is 0 Å². The molecule has 6 N–H and O–H groups in total. The topological polar surface area (TPSA) is 168 Å². The van der Waals surface area contributed by atoms with Gasteiger partial charge in [0.05, 0.1) is 5.69 Å². The maximum atomic E-state index is 12.4. The minimum absolute atomic E-state index is 0.0488. The fraction of sp³-hybridized carbons (Fsp3) is 0.500. The van der Waals surface area contributed by atoms with Gasteiger partial charge in [0.1, 0.15) is 11.3 Å². The number of hydrogen-bond acceptors (Lipinski definition) is 9. The lowest BCUT2D eigenvalue weighted by Gasteiger charge is -2.33. The highest BCUT2D eigenvalue weighted by Crippen LogP contribution is 2.30. The maximum absolute atomic E-state index is 12.4. The molecule has 0 atom stereocenters. The van der Waals surface area contributed by atoms with Crippen molar-refractivity contribution < 1.29 is 14.3 Å². The molecule has 226 valence electrons. The predicted octanol–water partition coefficient (Wildman–Crippen LogP) is 3.39. The van der Waals surface area contributed by atoms with E-state index >= 15 is 0 Å². The maximum Gasteiger partial charge on any atom is 0.410 e. The number of unbranched alkanes of at least 4 members (excludes halogenated alkanes) is 1. The SMILES string of the molecule is Cc1ccc(CNC(=O)/C(N)=C/N(N)CCCCc2cc3cc(C4CCN(C(=O)OC(C)(C)C)CC4)[nH]c3nn2)cn1. The third-order valence-electron chi connectivity index (χ3n) is 7.13. The van der Waals surface area contributed by atoms with Crippen LogP contribution in [0.3, 0.4) is 0 Å². The van der Waals surface area contributed by atoms with Crippen molar-refractivity contribution in [3.8, 4) is 0 Å². The van der Waals surface area contributed by atoms with Crippen LogP contribution in [-0.2, 0) is 22.5 Å². The zero-order valence-electron chi connectivity index (χ0n) is 25.0. The largest absolute Gasteiger partial charge is 0.444 e. The van der Waals surface area contributed by atoms with Gasteiger partial charge in [-0.25, -0.2) is 10.6 Å². The molecule has 1 fully saturated rings. The molecule has 4 rings (SSSR count). The van der Waals surface area contributed by atoms with Crippen molar-refractivity contribution in [2.45, 2.75) is 77.9 Å².